The molecule has 0 aromatic carbocycles. The van der Waals surface area contributed by atoms with Crippen LogP contribution in [0.4, 0.5) is 0 Å². The summed E-state index contributed by atoms with van der Waals surface area (Å²) in [4.78, 5) is 11.2. The molecule has 0 fully saturated rings. The second kappa shape index (κ2) is 10.9. The number of hydrogen-bond donors (Lipinski definition) is 1. The molecule has 0 saturated carbocycles. The van der Waals surface area contributed by atoms with E-state index in [1.807, 2.05) is 6.92 Å². The SMILES string of the molecule is CCC(CCC(=O)OCCOCCO)OC. The zero-order valence-corrected chi connectivity index (χ0v) is 10.1. The largest absolute Gasteiger partial charge is 0.463 e. The van der Waals surface area contributed by atoms with Crippen LogP contribution in [0.15, 0.2) is 0 Å². The van der Waals surface area contributed by atoms with Crippen LogP contribution in [0, 0.1) is 0 Å². The molecule has 16 heavy (non-hydrogen) atoms. The van der Waals surface area contributed by atoms with Crippen molar-refractivity contribution in [3.05, 3.63) is 0 Å². The lowest BCUT2D eigenvalue weighted by Crippen LogP contribution is -2.15. The smallest absolute Gasteiger partial charge is 0.305 e. The number of ether oxygens (including phenoxy) is 3. The van der Waals surface area contributed by atoms with Crippen LogP contribution in [-0.2, 0) is 19.0 Å². The van der Waals surface area contributed by atoms with Gasteiger partial charge in [0.2, 0.25) is 0 Å². The van der Waals surface area contributed by atoms with Gasteiger partial charge >= 0.3 is 5.97 Å². The lowest BCUT2D eigenvalue weighted by atomic mass is 10.1. The summed E-state index contributed by atoms with van der Waals surface area (Å²) >= 11 is 0. The first-order valence-electron chi connectivity index (χ1n) is 5.61. The third-order valence-corrected chi connectivity index (χ3v) is 2.19. The summed E-state index contributed by atoms with van der Waals surface area (Å²) in [6, 6.07) is 0. The third-order valence-electron chi connectivity index (χ3n) is 2.19. The number of methoxy groups -OCH3 is 1. The number of esters is 1. The molecule has 0 aromatic heterocycles. The highest BCUT2D eigenvalue weighted by atomic mass is 16.6. The molecule has 0 amide bonds. The van der Waals surface area contributed by atoms with Crippen molar-refractivity contribution in [2.75, 3.05) is 33.5 Å². The van der Waals surface area contributed by atoms with Gasteiger partial charge < -0.3 is 19.3 Å². The maximum atomic E-state index is 11.2. The van der Waals surface area contributed by atoms with Crippen LogP contribution in [0.5, 0.6) is 0 Å². The Bertz CT molecular complexity index is 168. The Hall–Kier alpha value is -0.650. The van der Waals surface area contributed by atoms with Gasteiger partial charge in [-0.3, -0.25) is 4.79 Å². The molecule has 0 aliphatic carbocycles. The standard InChI is InChI=1S/C11H22O5/c1-3-10(14-2)4-5-11(13)16-9-8-15-7-6-12/h10,12H,3-9H2,1-2H3. The van der Waals surface area contributed by atoms with E-state index in [0.29, 0.717) is 19.4 Å². The minimum atomic E-state index is -0.233. The second-order valence-corrected chi connectivity index (χ2v) is 3.36. The van der Waals surface area contributed by atoms with E-state index in [1.165, 1.54) is 0 Å². The average Bonchev–Trinajstić information content (AvgIpc) is 2.30. The average molecular weight is 234 g/mol. The molecule has 5 nitrogen and oxygen atoms in total. The highest BCUT2D eigenvalue weighted by molar-refractivity contribution is 5.69. The molecular formula is C11H22O5. The predicted octanol–water partition coefficient (Wildman–Crippen LogP) is 0.744. The van der Waals surface area contributed by atoms with E-state index in [-0.39, 0.29) is 31.9 Å². The fourth-order valence-electron chi connectivity index (χ4n) is 1.22. The van der Waals surface area contributed by atoms with Gasteiger partial charge in [0.1, 0.15) is 6.61 Å². The maximum absolute atomic E-state index is 11.2. The number of aliphatic hydroxyl groups excluding tert-OH is 1. The van der Waals surface area contributed by atoms with E-state index in [4.69, 9.17) is 19.3 Å². The van der Waals surface area contributed by atoms with Crippen molar-refractivity contribution in [3.8, 4) is 0 Å². The molecule has 0 spiro atoms. The minimum Gasteiger partial charge on any atom is -0.463 e. The van der Waals surface area contributed by atoms with Crippen molar-refractivity contribution < 1.29 is 24.1 Å². The van der Waals surface area contributed by atoms with Crippen molar-refractivity contribution >= 4 is 5.97 Å². The number of rotatable bonds is 10. The van der Waals surface area contributed by atoms with Crippen molar-refractivity contribution in [1.82, 2.24) is 0 Å². The zero-order chi connectivity index (χ0) is 12.2. The fourth-order valence-corrected chi connectivity index (χ4v) is 1.22. The lowest BCUT2D eigenvalue weighted by molar-refractivity contribution is -0.146. The predicted molar refractivity (Wildman–Crippen MR) is 59.2 cm³/mol. The summed E-state index contributed by atoms with van der Waals surface area (Å²) in [6.07, 6.45) is 2.07. The Balaban J connectivity index is 3.37. The summed E-state index contributed by atoms with van der Waals surface area (Å²) in [7, 11) is 1.64. The highest BCUT2D eigenvalue weighted by Crippen LogP contribution is 2.05. The summed E-state index contributed by atoms with van der Waals surface area (Å²) < 4.78 is 15.0. The van der Waals surface area contributed by atoms with Gasteiger partial charge in [-0.25, -0.2) is 0 Å². The Morgan fingerprint density at radius 1 is 1.31 bits per heavy atom. The number of carbonyl (C=O) groups is 1. The summed E-state index contributed by atoms with van der Waals surface area (Å²) in [5, 5.41) is 8.43. The number of hydrogen-bond acceptors (Lipinski definition) is 5. The Morgan fingerprint density at radius 3 is 2.62 bits per heavy atom. The van der Waals surface area contributed by atoms with Gasteiger partial charge in [-0.1, -0.05) is 6.92 Å². The van der Waals surface area contributed by atoms with Crippen molar-refractivity contribution in [2.24, 2.45) is 0 Å². The van der Waals surface area contributed by atoms with Gasteiger partial charge in [0.25, 0.3) is 0 Å². The molecule has 0 radical (unpaired) electrons. The third kappa shape index (κ3) is 8.64. The lowest BCUT2D eigenvalue weighted by Gasteiger charge is -2.12. The number of carbonyl (C=O) groups excluding carboxylic acids is 1. The Morgan fingerprint density at radius 2 is 2.06 bits per heavy atom. The van der Waals surface area contributed by atoms with Gasteiger partial charge in [-0.2, -0.15) is 0 Å². The van der Waals surface area contributed by atoms with Crippen LogP contribution in [0.1, 0.15) is 26.2 Å². The zero-order valence-electron chi connectivity index (χ0n) is 10.1. The van der Waals surface area contributed by atoms with Crippen LogP contribution in [0.2, 0.25) is 0 Å². The quantitative estimate of drug-likeness (QED) is 0.446. The molecule has 0 rings (SSSR count). The van der Waals surface area contributed by atoms with E-state index < -0.39 is 0 Å². The van der Waals surface area contributed by atoms with E-state index in [9.17, 15) is 4.79 Å². The van der Waals surface area contributed by atoms with Crippen LogP contribution in [0.3, 0.4) is 0 Å². The molecule has 5 heteroatoms. The molecule has 1 atom stereocenters. The molecule has 1 N–H and O–H groups in total. The highest BCUT2D eigenvalue weighted by Gasteiger charge is 2.09. The van der Waals surface area contributed by atoms with Gasteiger partial charge in [0, 0.05) is 13.5 Å². The van der Waals surface area contributed by atoms with Gasteiger partial charge in [-0.05, 0) is 12.8 Å². The van der Waals surface area contributed by atoms with Crippen molar-refractivity contribution in [1.29, 1.82) is 0 Å². The first-order chi connectivity index (χ1) is 7.74. The topological polar surface area (TPSA) is 65.0 Å². The molecule has 0 aromatic rings. The van der Waals surface area contributed by atoms with E-state index in [2.05, 4.69) is 0 Å². The first-order valence-corrected chi connectivity index (χ1v) is 5.61. The van der Waals surface area contributed by atoms with E-state index in [1.54, 1.807) is 7.11 Å². The molecule has 0 bridgehead atoms. The second-order valence-electron chi connectivity index (χ2n) is 3.36. The molecule has 96 valence electrons. The van der Waals surface area contributed by atoms with Gasteiger partial charge in [0.05, 0.1) is 25.9 Å². The minimum absolute atomic E-state index is 0.0139. The maximum Gasteiger partial charge on any atom is 0.305 e. The first kappa shape index (κ1) is 15.3. The van der Waals surface area contributed by atoms with Crippen LogP contribution in [-0.4, -0.2) is 50.7 Å². The van der Waals surface area contributed by atoms with Gasteiger partial charge in [-0.15, -0.1) is 0 Å². The van der Waals surface area contributed by atoms with Gasteiger partial charge in [0.15, 0.2) is 0 Å². The molecule has 0 aliphatic rings. The number of aliphatic hydroxyl groups is 1. The normalized spacial score (nSPS) is 12.4. The molecule has 0 aliphatic heterocycles. The summed E-state index contributed by atoms with van der Waals surface area (Å²) in [5.41, 5.74) is 0. The Labute approximate surface area is 96.7 Å². The summed E-state index contributed by atoms with van der Waals surface area (Å²) in [6.45, 7) is 2.84. The van der Waals surface area contributed by atoms with E-state index >= 15 is 0 Å². The van der Waals surface area contributed by atoms with E-state index in [0.717, 1.165) is 6.42 Å². The van der Waals surface area contributed by atoms with Crippen molar-refractivity contribution in [2.45, 2.75) is 32.3 Å². The molecule has 1 unspecified atom stereocenters. The van der Waals surface area contributed by atoms with Crippen LogP contribution < -0.4 is 0 Å². The fraction of sp³-hybridized carbons (Fsp3) is 0.909. The van der Waals surface area contributed by atoms with Crippen LogP contribution >= 0.6 is 0 Å². The molecular weight excluding hydrogens is 212 g/mol. The Kier molecular flexibility index (Phi) is 10.4. The monoisotopic (exact) mass is 234 g/mol. The molecule has 0 saturated heterocycles. The molecule has 0 heterocycles. The summed E-state index contributed by atoms with van der Waals surface area (Å²) in [5.74, 6) is -0.233. The van der Waals surface area contributed by atoms with Crippen LogP contribution in [0.25, 0.3) is 0 Å². The van der Waals surface area contributed by atoms with Crippen molar-refractivity contribution in [3.63, 3.8) is 0 Å².